The maximum Gasteiger partial charge on any atom is 0.242 e. The summed E-state index contributed by atoms with van der Waals surface area (Å²) < 4.78 is 11.2. The van der Waals surface area contributed by atoms with Crippen molar-refractivity contribution in [2.24, 2.45) is 5.92 Å². The predicted molar refractivity (Wildman–Crippen MR) is 123 cm³/mol. The third-order valence-corrected chi connectivity index (χ3v) is 6.67. The van der Waals surface area contributed by atoms with E-state index in [9.17, 15) is 9.90 Å². The van der Waals surface area contributed by atoms with E-state index >= 15 is 0 Å². The lowest BCUT2D eigenvalue weighted by Crippen LogP contribution is -2.41. The van der Waals surface area contributed by atoms with Gasteiger partial charge >= 0.3 is 0 Å². The van der Waals surface area contributed by atoms with E-state index in [1.165, 1.54) is 0 Å². The van der Waals surface area contributed by atoms with Crippen LogP contribution in [0.5, 0.6) is 11.5 Å². The van der Waals surface area contributed by atoms with Crippen LogP contribution in [0.3, 0.4) is 0 Å². The molecular weight excluding hydrogens is 418 g/mol. The van der Waals surface area contributed by atoms with Crippen molar-refractivity contribution >= 4 is 5.91 Å². The number of aryl methyl sites for hydroxylation is 2. The Kier molecular flexibility index (Phi) is 5.60. The molecule has 7 nitrogen and oxygen atoms in total. The zero-order chi connectivity index (χ0) is 23.1. The molecule has 0 saturated carbocycles. The second-order valence-corrected chi connectivity index (χ2v) is 8.83. The van der Waals surface area contributed by atoms with Gasteiger partial charge in [-0.2, -0.15) is 0 Å². The first-order valence-corrected chi connectivity index (χ1v) is 11.3. The van der Waals surface area contributed by atoms with Crippen LogP contribution in [0.25, 0.3) is 0 Å². The number of hydrogen-bond donors (Lipinski definition) is 3. The number of nitrogens with one attached hydrogen (secondary N) is 2. The zero-order valence-corrected chi connectivity index (χ0v) is 19.0. The third kappa shape index (κ3) is 3.77. The maximum absolute atomic E-state index is 13.6. The first-order valence-electron chi connectivity index (χ1n) is 11.3. The Labute approximate surface area is 193 Å². The van der Waals surface area contributed by atoms with Gasteiger partial charge < -0.3 is 19.2 Å². The number of phenolic OH excluding ortho intramolecular Hbond substituents is 1. The molecule has 2 aliphatic heterocycles. The van der Waals surface area contributed by atoms with Crippen molar-refractivity contribution in [1.29, 1.82) is 0 Å². The summed E-state index contributed by atoms with van der Waals surface area (Å²) >= 11 is 0. The molecule has 4 atom stereocenters. The third-order valence-electron chi connectivity index (χ3n) is 6.67. The van der Waals surface area contributed by atoms with Crippen molar-refractivity contribution in [2.45, 2.75) is 45.4 Å². The molecule has 2 fully saturated rings. The number of nitrogens with zero attached hydrogens (tertiary/aromatic N) is 1. The highest BCUT2D eigenvalue weighted by Crippen LogP contribution is 2.50. The minimum absolute atomic E-state index is 0.00883. The Balaban J connectivity index is 1.58. The van der Waals surface area contributed by atoms with E-state index < -0.39 is 6.04 Å². The molecule has 3 heterocycles. The molecule has 3 N–H and O–H groups in total. The fraction of sp³-hybridized carbons (Fsp3) is 0.346. The van der Waals surface area contributed by atoms with Gasteiger partial charge in [-0.05, 0) is 67.8 Å². The topological polar surface area (TPSA) is 87.0 Å². The molecule has 172 valence electrons. The van der Waals surface area contributed by atoms with Gasteiger partial charge in [0, 0.05) is 11.5 Å². The van der Waals surface area contributed by atoms with Crippen LogP contribution in [0.15, 0.2) is 59.2 Å². The molecular formula is C26H29N3O4. The molecule has 2 saturated heterocycles. The van der Waals surface area contributed by atoms with Gasteiger partial charge in [0.15, 0.2) is 0 Å². The van der Waals surface area contributed by atoms with Gasteiger partial charge in [-0.25, -0.2) is 10.9 Å². The summed E-state index contributed by atoms with van der Waals surface area (Å²) in [5, 5.41) is 10.8. The van der Waals surface area contributed by atoms with Crippen LogP contribution >= 0.6 is 0 Å². The minimum atomic E-state index is -0.415. The van der Waals surface area contributed by atoms with Crippen molar-refractivity contribution in [3.63, 3.8) is 0 Å². The highest BCUT2D eigenvalue weighted by molar-refractivity contribution is 5.86. The normalized spacial score (nSPS) is 24.3. The molecule has 2 aliphatic rings. The van der Waals surface area contributed by atoms with Gasteiger partial charge in [0.2, 0.25) is 5.91 Å². The first kappa shape index (κ1) is 21.6. The van der Waals surface area contributed by atoms with Gasteiger partial charge in [0.1, 0.15) is 23.3 Å². The highest BCUT2D eigenvalue weighted by atomic mass is 16.5. The quantitative estimate of drug-likeness (QED) is 0.531. The smallest absolute Gasteiger partial charge is 0.242 e. The minimum Gasteiger partial charge on any atom is -0.508 e. The number of rotatable bonds is 6. The number of likely N-dealkylation sites (tertiary alicyclic amines) is 1. The molecule has 0 aliphatic carbocycles. The van der Waals surface area contributed by atoms with E-state index in [1.807, 2.05) is 62.1 Å². The number of aromatic hydroxyl groups is 1. The number of fused-ring (bicyclic) bond motifs is 1. The lowest BCUT2D eigenvalue weighted by molar-refractivity contribution is -0.131. The lowest BCUT2D eigenvalue weighted by atomic mass is 9.81. The largest absolute Gasteiger partial charge is 0.508 e. The van der Waals surface area contributed by atoms with E-state index in [0.717, 1.165) is 33.8 Å². The van der Waals surface area contributed by atoms with Crippen LogP contribution in [-0.4, -0.2) is 28.6 Å². The molecule has 33 heavy (non-hydrogen) atoms. The Bertz CT molecular complexity index is 1120. The molecule has 4 unspecified atom stereocenters. The van der Waals surface area contributed by atoms with E-state index in [1.54, 1.807) is 12.3 Å². The maximum atomic E-state index is 13.6. The number of carbonyl (C=O) groups is 1. The number of ether oxygens (including phenoxy) is 1. The van der Waals surface area contributed by atoms with Crippen LogP contribution in [0, 0.1) is 19.8 Å². The average Bonchev–Trinajstić information content (AvgIpc) is 3.49. The van der Waals surface area contributed by atoms with Crippen molar-refractivity contribution in [1.82, 2.24) is 15.8 Å². The van der Waals surface area contributed by atoms with Crippen LogP contribution in [-0.2, 0) is 11.3 Å². The Morgan fingerprint density at radius 3 is 2.52 bits per heavy atom. The van der Waals surface area contributed by atoms with Crippen LogP contribution in [0.2, 0.25) is 0 Å². The monoisotopic (exact) mass is 447 g/mol. The second kappa shape index (κ2) is 8.57. The average molecular weight is 448 g/mol. The van der Waals surface area contributed by atoms with Gasteiger partial charge in [0.25, 0.3) is 0 Å². The van der Waals surface area contributed by atoms with Crippen molar-refractivity contribution < 1.29 is 19.1 Å². The Morgan fingerprint density at radius 2 is 1.85 bits per heavy atom. The molecule has 1 amide bonds. The summed E-state index contributed by atoms with van der Waals surface area (Å²) in [5.74, 6) is 1.66. The van der Waals surface area contributed by atoms with E-state index in [-0.39, 0.29) is 29.7 Å². The molecule has 7 heteroatoms. The fourth-order valence-electron chi connectivity index (χ4n) is 5.38. The number of hydrazine groups is 1. The highest BCUT2D eigenvalue weighted by Gasteiger charge is 2.56. The summed E-state index contributed by atoms with van der Waals surface area (Å²) in [6.07, 6.45) is 1.62. The number of hydrogen-bond acceptors (Lipinski definition) is 6. The molecule has 0 radical (unpaired) electrons. The molecule has 0 bridgehead atoms. The molecule has 0 spiro atoms. The molecule has 3 aromatic rings. The van der Waals surface area contributed by atoms with Crippen LogP contribution in [0.1, 0.15) is 47.0 Å². The lowest BCUT2D eigenvalue weighted by Gasteiger charge is -2.31. The summed E-state index contributed by atoms with van der Waals surface area (Å²) in [6, 6.07) is 14.6. The summed E-state index contributed by atoms with van der Waals surface area (Å²) in [6.45, 7) is 6.89. The molecule has 1 aromatic heterocycles. The number of benzene rings is 2. The molecule has 5 rings (SSSR count). The van der Waals surface area contributed by atoms with E-state index in [2.05, 4.69) is 16.9 Å². The zero-order valence-electron chi connectivity index (χ0n) is 19.0. The van der Waals surface area contributed by atoms with Gasteiger partial charge in [-0.3, -0.25) is 4.79 Å². The number of furan rings is 1. The summed E-state index contributed by atoms with van der Waals surface area (Å²) in [4.78, 5) is 15.4. The Hall–Kier alpha value is -3.29. The number of amides is 1. The van der Waals surface area contributed by atoms with Crippen LogP contribution < -0.4 is 15.6 Å². The van der Waals surface area contributed by atoms with E-state index in [4.69, 9.17) is 9.15 Å². The predicted octanol–water partition coefficient (Wildman–Crippen LogP) is 3.92. The van der Waals surface area contributed by atoms with Gasteiger partial charge in [0.05, 0.1) is 31.5 Å². The first-order chi connectivity index (χ1) is 16.0. The van der Waals surface area contributed by atoms with Crippen LogP contribution in [0.4, 0.5) is 0 Å². The van der Waals surface area contributed by atoms with Crippen molar-refractivity contribution in [2.75, 3.05) is 6.61 Å². The SMILES string of the molecule is CCOc1ccc(C2C3C(NNC3c3c(C)cc(C)cc3O)C(=O)N2Cc2ccco2)cc1. The Morgan fingerprint density at radius 1 is 1.09 bits per heavy atom. The number of phenols is 1. The summed E-state index contributed by atoms with van der Waals surface area (Å²) in [7, 11) is 0. The van der Waals surface area contributed by atoms with Gasteiger partial charge in [-0.15, -0.1) is 0 Å². The van der Waals surface area contributed by atoms with Crippen molar-refractivity contribution in [3.05, 3.63) is 82.8 Å². The standard InChI is InChI=1S/C26H29N3O4/c1-4-32-18-9-7-17(8-10-18)25-22-23(21-16(3)12-15(2)13-20(21)30)27-28-24(22)26(31)29(25)14-19-6-5-11-33-19/h5-13,22-25,27-28,30H,4,14H2,1-3H3. The van der Waals surface area contributed by atoms with Gasteiger partial charge in [-0.1, -0.05) is 18.2 Å². The molecule has 2 aromatic carbocycles. The van der Waals surface area contributed by atoms with Crippen molar-refractivity contribution in [3.8, 4) is 11.5 Å². The summed E-state index contributed by atoms with van der Waals surface area (Å²) in [5.41, 5.74) is 10.4. The second-order valence-electron chi connectivity index (χ2n) is 8.83. The van der Waals surface area contributed by atoms with E-state index in [0.29, 0.717) is 13.2 Å². The number of carbonyl (C=O) groups excluding carboxylic acids is 1. The fourth-order valence-corrected chi connectivity index (χ4v) is 5.38.